The second-order valence-corrected chi connectivity index (χ2v) is 13.7. The molecular formula is C39H49F4N7O4. The number of nitrogens with one attached hydrogen (secondary N) is 3. The predicted molar refractivity (Wildman–Crippen MR) is 198 cm³/mol. The summed E-state index contributed by atoms with van der Waals surface area (Å²) in [6, 6.07) is 14.0. The predicted octanol–water partition coefficient (Wildman–Crippen LogP) is 6.09. The Bertz CT molecular complexity index is 1890. The Morgan fingerprint density at radius 2 is 1.85 bits per heavy atom. The standard InChI is InChI=1S/C37H48FN7O2.C2HF3O2/c1-4-34-30(36(42-29-13-17-47-18-14-29)32-22-41-45(5-2)37(32)43-34)10-12-35(46)40-21-26-9-11-33(38)31(20-26)28-8-6-7-27(19-28)24-44-16-15-39-25(3)23-44;3-2(4,5)1(6)7/h6-9,11,19-20,22,25,29,39H,4-5,10,12-18,21,23-24H2,1-3H3,(H,40,46)(H,42,43);(H,6,7)/t25-;/m0./s1. The summed E-state index contributed by atoms with van der Waals surface area (Å²) in [6.07, 6.45) is 0.334. The Labute approximate surface area is 312 Å². The largest absolute Gasteiger partial charge is 0.490 e. The van der Waals surface area contributed by atoms with Gasteiger partial charge in [0.1, 0.15) is 5.82 Å². The van der Waals surface area contributed by atoms with Crippen molar-refractivity contribution in [3.63, 3.8) is 0 Å². The van der Waals surface area contributed by atoms with Crippen molar-refractivity contribution >= 4 is 28.6 Å². The normalized spacial score (nSPS) is 16.8. The fourth-order valence-electron chi connectivity index (χ4n) is 6.86. The van der Waals surface area contributed by atoms with Crippen molar-refractivity contribution in [2.24, 2.45) is 0 Å². The number of piperazine rings is 1. The molecule has 4 heterocycles. The van der Waals surface area contributed by atoms with Gasteiger partial charge in [-0.3, -0.25) is 9.69 Å². The van der Waals surface area contributed by atoms with Crippen LogP contribution in [0.5, 0.6) is 0 Å². The first-order valence-electron chi connectivity index (χ1n) is 18.5. The Balaban J connectivity index is 0.000000730. The number of hydrogen-bond donors (Lipinski definition) is 4. The van der Waals surface area contributed by atoms with E-state index in [1.165, 1.54) is 11.6 Å². The number of hydrogen-bond acceptors (Lipinski definition) is 8. The number of benzene rings is 2. The first kappa shape index (κ1) is 40.6. The first-order valence-corrected chi connectivity index (χ1v) is 18.5. The Hall–Kier alpha value is -4.60. The molecule has 2 aromatic carbocycles. The lowest BCUT2D eigenvalue weighted by Crippen LogP contribution is -2.48. The molecule has 0 aliphatic carbocycles. The van der Waals surface area contributed by atoms with Crippen LogP contribution in [0.4, 0.5) is 23.2 Å². The molecule has 2 fully saturated rings. The van der Waals surface area contributed by atoms with Crippen LogP contribution in [-0.2, 0) is 46.8 Å². The van der Waals surface area contributed by atoms with Gasteiger partial charge in [0.25, 0.3) is 0 Å². The zero-order valence-electron chi connectivity index (χ0n) is 30.9. The molecule has 6 rings (SSSR count). The van der Waals surface area contributed by atoms with Crippen LogP contribution in [0.1, 0.15) is 62.4 Å². The SMILES string of the molecule is CCc1nc2c(cnn2CC)c(NC2CCOCC2)c1CCC(=O)NCc1ccc(F)c(-c2cccc(CN3CCN[C@@H](C)C3)c2)c1.O=C(O)C(F)(F)F. The third-order valence-corrected chi connectivity index (χ3v) is 9.64. The molecule has 4 N–H and O–H groups in total. The lowest BCUT2D eigenvalue weighted by Gasteiger charge is -2.31. The summed E-state index contributed by atoms with van der Waals surface area (Å²) in [5.74, 6) is -3.07. The van der Waals surface area contributed by atoms with Crippen LogP contribution in [0.3, 0.4) is 0 Å². The van der Waals surface area contributed by atoms with Crippen LogP contribution in [-0.4, -0.2) is 87.8 Å². The fraction of sp³-hybridized carbons (Fsp3) is 0.487. The quantitative estimate of drug-likeness (QED) is 0.127. The van der Waals surface area contributed by atoms with Gasteiger partial charge in [-0.15, -0.1) is 0 Å². The van der Waals surface area contributed by atoms with Gasteiger partial charge in [0, 0.05) is 82.2 Å². The monoisotopic (exact) mass is 755 g/mol. The molecule has 2 aromatic heterocycles. The summed E-state index contributed by atoms with van der Waals surface area (Å²) < 4.78 is 54.3. The van der Waals surface area contributed by atoms with Crippen LogP contribution in [0, 0.1) is 5.82 Å². The molecule has 0 bridgehead atoms. The molecule has 0 radical (unpaired) electrons. The Morgan fingerprint density at radius 1 is 1.09 bits per heavy atom. The van der Waals surface area contributed by atoms with Gasteiger partial charge in [-0.25, -0.2) is 18.9 Å². The average Bonchev–Trinajstić information content (AvgIpc) is 3.57. The second kappa shape index (κ2) is 18.6. The number of alkyl halides is 3. The summed E-state index contributed by atoms with van der Waals surface area (Å²) in [7, 11) is 0. The van der Waals surface area contributed by atoms with Gasteiger partial charge >= 0.3 is 12.1 Å². The van der Waals surface area contributed by atoms with E-state index in [9.17, 15) is 18.0 Å². The van der Waals surface area contributed by atoms with Crippen LogP contribution in [0.15, 0.2) is 48.7 Å². The smallest absolute Gasteiger partial charge is 0.475 e. The summed E-state index contributed by atoms with van der Waals surface area (Å²) in [5.41, 5.74) is 7.43. The molecule has 292 valence electrons. The van der Waals surface area contributed by atoms with E-state index in [0.717, 1.165) is 104 Å². The van der Waals surface area contributed by atoms with Crippen molar-refractivity contribution in [1.82, 2.24) is 30.3 Å². The minimum atomic E-state index is -5.08. The van der Waals surface area contributed by atoms with Crippen LogP contribution < -0.4 is 16.0 Å². The summed E-state index contributed by atoms with van der Waals surface area (Å²) >= 11 is 0. The van der Waals surface area contributed by atoms with Gasteiger partial charge in [0.05, 0.1) is 17.3 Å². The molecule has 1 amide bonds. The van der Waals surface area contributed by atoms with Gasteiger partial charge in [0.2, 0.25) is 5.91 Å². The zero-order chi connectivity index (χ0) is 38.8. The number of carbonyl (C=O) groups excluding carboxylic acids is 1. The van der Waals surface area contributed by atoms with Crippen molar-refractivity contribution in [2.75, 3.05) is 38.2 Å². The maximum absolute atomic E-state index is 15.1. The van der Waals surface area contributed by atoms with Crippen LogP contribution in [0.2, 0.25) is 0 Å². The number of rotatable bonds is 12. The number of anilines is 1. The topological polar surface area (TPSA) is 134 Å². The summed E-state index contributed by atoms with van der Waals surface area (Å²) in [5, 5.41) is 23.1. The van der Waals surface area contributed by atoms with E-state index in [2.05, 4.69) is 58.9 Å². The highest BCUT2D eigenvalue weighted by atomic mass is 19.4. The minimum absolute atomic E-state index is 0.0495. The number of pyridine rings is 1. The van der Waals surface area contributed by atoms with E-state index in [1.807, 2.05) is 29.1 Å². The van der Waals surface area contributed by atoms with Crippen molar-refractivity contribution < 1.29 is 37.0 Å². The molecule has 54 heavy (non-hydrogen) atoms. The molecule has 11 nitrogen and oxygen atoms in total. The van der Waals surface area contributed by atoms with Crippen molar-refractivity contribution in [1.29, 1.82) is 0 Å². The van der Waals surface area contributed by atoms with Crippen molar-refractivity contribution in [2.45, 2.75) is 90.8 Å². The second-order valence-electron chi connectivity index (χ2n) is 13.7. The lowest BCUT2D eigenvalue weighted by atomic mass is 9.99. The van der Waals surface area contributed by atoms with E-state index in [0.29, 0.717) is 37.0 Å². The first-order chi connectivity index (χ1) is 25.9. The Kier molecular flexibility index (Phi) is 14.0. The fourth-order valence-corrected chi connectivity index (χ4v) is 6.86. The highest BCUT2D eigenvalue weighted by Gasteiger charge is 2.38. The maximum Gasteiger partial charge on any atom is 0.490 e. The number of aromatic nitrogens is 3. The number of aliphatic carboxylic acids is 1. The number of carboxylic acid groups (broad SMARTS) is 1. The molecule has 4 aromatic rings. The third-order valence-electron chi connectivity index (χ3n) is 9.64. The molecule has 0 spiro atoms. The highest BCUT2D eigenvalue weighted by Crippen LogP contribution is 2.32. The highest BCUT2D eigenvalue weighted by molar-refractivity contribution is 5.92. The molecule has 2 aliphatic rings. The van der Waals surface area contributed by atoms with E-state index < -0.39 is 12.1 Å². The van der Waals surface area contributed by atoms with E-state index in [-0.39, 0.29) is 11.7 Å². The number of carboxylic acids is 1. The van der Waals surface area contributed by atoms with Gasteiger partial charge in [0.15, 0.2) is 5.65 Å². The van der Waals surface area contributed by atoms with E-state index >= 15 is 4.39 Å². The molecule has 2 aliphatic heterocycles. The summed E-state index contributed by atoms with van der Waals surface area (Å²) in [6.45, 7) is 12.7. The van der Waals surface area contributed by atoms with E-state index in [1.54, 1.807) is 6.07 Å². The van der Waals surface area contributed by atoms with E-state index in [4.69, 9.17) is 19.6 Å². The molecule has 0 saturated carbocycles. The number of fused-ring (bicyclic) bond motifs is 1. The van der Waals surface area contributed by atoms with Crippen LogP contribution in [0.25, 0.3) is 22.2 Å². The van der Waals surface area contributed by atoms with Gasteiger partial charge < -0.3 is 25.8 Å². The van der Waals surface area contributed by atoms with Gasteiger partial charge in [-0.2, -0.15) is 18.3 Å². The third kappa shape index (κ3) is 10.8. The lowest BCUT2D eigenvalue weighted by molar-refractivity contribution is -0.192. The minimum Gasteiger partial charge on any atom is -0.475 e. The number of carbonyl (C=O) groups is 2. The van der Waals surface area contributed by atoms with Crippen LogP contribution >= 0.6 is 0 Å². The molecule has 2 saturated heterocycles. The molecular weight excluding hydrogens is 706 g/mol. The number of ether oxygens (including phenoxy) is 1. The molecule has 1 atom stereocenters. The molecule has 15 heteroatoms. The maximum atomic E-state index is 15.1. The van der Waals surface area contributed by atoms with Crippen molar-refractivity contribution in [3.05, 3.63) is 76.9 Å². The number of nitrogens with zero attached hydrogens (tertiary/aromatic N) is 4. The Morgan fingerprint density at radius 3 is 2.54 bits per heavy atom. The summed E-state index contributed by atoms with van der Waals surface area (Å²) in [4.78, 5) is 29.5. The number of amides is 1. The van der Waals surface area contributed by atoms with Crippen molar-refractivity contribution in [3.8, 4) is 11.1 Å². The average molecular weight is 756 g/mol. The van der Waals surface area contributed by atoms with Gasteiger partial charge in [-0.05, 0) is 80.0 Å². The number of halogens is 4. The molecule has 0 unspecified atom stereocenters. The zero-order valence-corrected chi connectivity index (χ0v) is 30.9. The van der Waals surface area contributed by atoms with Gasteiger partial charge in [-0.1, -0.05) is 31.2 Å². The number of aryl methyl sites for hydroxylation is 2.